The van der Waals surface area contributed by atoms with E-state index < -0.39 is 0 Å². The molecule has 2 aromatic rings. The van der Waals surface area contributed by atoms with Gasteiger partial charge in [-0.25, -0.2) is 9.97 Å². The highest BCUT2D eigenvalue weighted by Crippen LogP contribution is 2.22. The van der Waals surface area contributed by atoms with Crippen molar-refractivity contribution in [2.24, 2.45) is 0 Å². The van der Waals surface area contributed by atoms with Crippen LogP contribution in [0.2, 0.25) is 0 Å². The van der Waals surface area contributed by atoms with Crippen LogP contribution in [0.15, 0.2) is 6.33 Å². The molecule has 0 aliphatic rings. The SMILES string of the molecule is COc1ncnc2c1nc(CCl)n2CCCN(C)C. The maximum absolute atomic E-state index is 5.96. The van der Waals surface area contributed by atoms with Crippen LogP contribution in [0, 0.1) is 0 Å². The molecule has 0 spiro atoms. The average molecular weight is 284 g/mol. The molecule has 0 fully saturated rings. The zero-order chi connectivity index (χ0) is 13.8. The molecule has 104 valence electrons. The molecular formula is C12H18ClN5O. The number of ether oxygens (including phenoxy) is 1. The lowest BCUT2D eigenvalue weighted by atomic mass is 10.4. The molecule has 7 heteroatoms. The van der Waals surface area contributed by atoms with E-state index in [-0.39, 0.29) is 0 Å². The Morgan fingerprint density at radius 1 is 1.37 bits per heavy atom. The van der Waals surface area contributed by atoms with Crippen LogP contribution >= 0.6 is 11.6 Å². The Morgan fingerprint density at radius 2 is 2.16 bits per heavy atom. The quantitative estimate of drug-likeness (QED) is 0.753. The van der Waals surface area contributed by atoms with Crippen molar-refractivity contribution in [1.29, 1.82) is 0 Å². The van der Waals surface area contributed by atoms with Crippen molar-refractivity contribution in [3.8, 4) is 5.88 Å². The summed E-state index contributed by atoms with van der Waals surface area (Å²) in [4.78, 5) is 15.0. The number of aryl methyl sites for hydroxylation is 1. The largest absolute Gasteiger partial charge is 0.479 e. The fraction of sp³-hybridized carbons (Fsp3) is 0.583. The molecular weight excluding hydrogens is 266 g/mol. The summed E-state index contributed by atoms with van der Waals surface area (Å²) in [5.74, 6) is 1.64. The molecule has 0 bridgehead atoms. The number of hydrogen-bond donors (Lipinski definition) is 0. The van der Waals surface area contributed by atoms with E-state index in [1.165, 1.54) is 6.33 Å². The second kappa shape index (κ2) is 6.16. The van der Waals surface area contributed by atoms with E-state index in [1.54, 1.807) is 7.11 Å². The van der Waals surface area contributed by atoms with Crippen molar-refractivity contribution < 1.29 is 4.74 Å². The average Bonchev–Trinajstić information content (AvgIpc) is 2.76. The standard InChI is InChI=1S/C12H18ClN5O/c1-17(2)5-4-6-18-9(7-13)16-10-11(18)14-8-15-12(10)19-3/h8H,4-7H2,1-3H3. The van der Waals surface area contributed by atoms with Crippen molar-refractivity contribution in [3.63, 3.8) is 0 Å². The lowest BCUT2D eigenvalue weighted by molar-refractivity contribution is 0.386. The van der Waals surface area contributed by atoms with Gasteiger partial charge < -0.3 is 14.2 Å². The number of rotatable bonds is 6. The third kappa shape index (κ3) is 2.96. The number of halogens is 1. The van der Waals surface area contributed by atoms with Crippen LogP contribution in [0.1, 0.15) is 12.2 Å². The fourth-order valence-electron chi connectivity index (χ4n) is 1.99. The Kier molecular flexibility index (Phi) is 4.55. The van der Waals surface area contributed by atoms with Crippen LogP contribution in [-0.4, -0.2) is 52.2 Å². The van der Waals surface area contributed by atoms with Gasteiger partial charge in [-0.05, 0) is 27.1 Å². The first kappa shape index (κ1) is 14.0. The number of imidazole rings is 1. The number of fused-ring (bicyclic) bond motifs is 1. The number of nitrogens with zero attached hydrogens (tertiary/aromatic N) is 5. The minimum atomic E-state index is 0.349. The molecule has 2 aromatic heterocycles. The first-order chi connectivity index (χ1) is 9.17. The zero-order valence-electron chi connectivity index (χ0n) is 11.4. The Hall–Kier alpha value is -1.40. The fourth-order valence-corrected chi connectivity index (χ4v) is 2.20. The van der Waals surface area contributed by atoms with Crippen LogP contribution in [-0.2, 0) is 12.4 Å². The number of alkyl halides is 1. The van der Waals surface area contributed by atoms with Crippen molar-refractivity contribution in [1.82, 2.24) is 24.4 Å². The van der Waals surface area contributed by atoms with Gasteiger partial charge in [-0.2, -0.15) is 4.98 Å². The molecule has 6 nitrogen and oxygen atoms in total. The topological polar surface area (TPSA) is 56.1 Å². The Morgan fingerprint density at radius 3 is 2.79 bits per heavy atom. The molecule has 0 aromatic carbocycles. The Balaban J connectivity index is 2.35. The van der Waals surface area contributed by atoms with E-state index in [1.807, 2.05) is 4.57 Å². The van der Waals surface area contributed by atoms with Gasteiger partial charge in [-0.3, -0.25) is 0 Å². The van der Waals surface area contributed by atoms with E-state index in [2.05, 4.69) is 33.9 Å². The monoisotopic (exact) mass is 283 g/mol. The second-order valence-corrected chi connectivity index (χ2v) is 4.79. The molecule has 0 saturated heterocycles. The highest BCUT2D eigenvalue weighted by atomic mass is 35.5. The molecule has 0 saturated carbocycles. The highest BCUT2D eigenvalue weighted by Gasteiger charge is 2.15. The van der Waals surface area contributed by atoms with Gasteiger partial charge in [0, 0.05) is 6.54 Å². The van der Waals surface area contributed by atoms with Crippen LogP contribution in [0.25, 0.3) is 11.2 Å². The summed E-state index contributed by atoms with van der Waals surface area (Å²) in [7, 11) is 5.69. The summed E-state index contributed by atoms with van der Waals surface area (Å²) < 4.78 is 7.24. The normalized spacial score (nSPS) is 11.4. The Labute approximate surface area is 117 Å². The van der Waals surface area contributed by atoms with E-state index >= 15 is 0 Å². The predicted octanol–water partition coefficient (Wildman–Crippen LogP) is 1.53. The maximum atomic E-state index is 5.96. The van der Waals surface area contributed by atoms with Gasteiger partial charge in [0.05, 0.1) is 13.0 Å². The highest BCUT2D eigenvalue weighted by molar-refractivity contribution is 6.16. The first-order valence-corrected chi connectivity index (χ1v) is 6.65. The number of aromatic nitrogens is 4. The van der Waals surface area contributed by atoms with Gasteiger partial charge in [0.15, 0.2) is 11.2 Å². The summed E-state index contributed by atoms with van der Waals surface area (Å²) in [6, 6.07) is 0. The van der Waals surface area contributed by atoms with E-state index in [4.69, 9.17) is 16.3 Å². The van der Waals surface area contributed by atoms with Gasteiger partial charge in [0.2, 0.25) is 5.88 Å². The van der Waals surface area contributed by atoms with Gasteiger partial charge in [-0.15, -0.1) is 11.6 Å². The second-order valence-electron chi connectivity index (χ2n) is 4.53. The predicted molar refractivity (Wildman–Crippen MR) is 74.6 cm³/mol. The molecule has 0 aliphatic carbocycles. The maximum Gasteiger partial charge on any atom is 0.245 e. The van der Waals surface area contributed by atoms with E-state index in [0.717, 1.165) is 31.0 Å². The molecule has 0 radical (unpaired) electrons. The number of methoxy groups -OCH3 is 1. The molecule has 2 heterocycles. The van der Waals surface area contributed by atoms with Crippen LogP contribution in [0.3, 0.4) is 0 Å². The minimum Gasteiger partial charge on any atom is -0.479 e. The summed E-state index contributed by atoms with van der Waals surface area (Å²) in [6.07, 6.45) is 2.50. The van der Waals surface area contributed by atoms with Crippen molar-refractivity contribution >= 4 is 22.8 Å². The Bertz CT molecular complexity index is 554. The zero-order valence-corrected chi connectivity index (χ0v) is 12.2. The smallest absolute Gasteiger partial charge is 0.245 e. The number of hydrogen-bond acceptors (Lipinski definition) is 5. The minimum absolute atomic E-state index is 0.349. The van der Waals surface area contributed by atoms with E-state index in [9.17, 15) is 0 Å². The van der Waals surface area contributed by atoms with Gasteiger partial charge >= 0.3 is 0 Å². The molecule has 0 N–H and O–H groups in total. The summed E-state index contributed by atoms with van der Waals surface area (Å²) in [6.45, 7) is 1.83. The summed E-state index contributed by atoms with van der Waals surface area (Å²) >= 11 is 5.96. The van der Waals surface area contributed by atoms with Crippen LogP contribution < -0.4 is 4.74 Å². The molecule has 0 atom stereocenters. The van der Waals surface area contributed by atoms with Crippen molar-refractivity contribution in [3.05, 3.63) is 12.2 Å². The first-order valence-electron chi connectivity index (χ1n) is 6.12. The lowest BCUT2D eigenvalue weighted by Crippen LogP contribution is -2.15. The molecule has 2 rings (SSSR count). The molecule has 0 unspecified atom stereocenters. The lowest BCUT2D eigenvalue weighted by Gasteiger charge is -2.11. The van der Waals surface area contributed by atoms with Crippen molar-refractivity contribution in [2.75, 3.05) is 27.7 Å². The van der Waals surface area contributed by atoms with Crippen LogP contribution in [0.4, 0.5) is 0 Å². The molecule has 19 heavy (non-hydrogen) atoms. The van der Waals surface area contributed by atoms with Gasteiger partial charge in [0.1, 0.15) is 12.2 Å². The third-order valence-corrected chi connectivity index (χ3v) is 3.12. The van der Waals surface area contributed by atoms with Gasteiger partial charge in [-0.1, -0.05) is 0 Å². The summed E-state index contributed by atoms with van der Waals surface area (Å²) in [5.41, 5.74) is 1.45. The van der Waals surface area contributed by atoms with Gasteiger partial charge in [0.25, 0.3) is 0 Å². The third-order valence-electron chi connectivity index (χ3n) is 2.88. The molecule has 0 amide bonds. The van der Waals surface area contributed by atoms with E-state index in [0.29, 0.717) is 17.3 Å². The molecule has 0 aliphatic heterocycles. The van der Waals surface area contributed by atoms with Crippen molar-refractivity contribution in [2.45, 2.75) is 18.8 Å². The summed E-state index contributed by atoms with van der Waals surface area (Å²) in [5, 5.41) is 0. The van der Waals surface area contributed by atoms with Crippen LogP contribution in [0.5, 0.6) is 5.88 Å².